The number of aliphatic imine (C=N–C) groups is 1. The van der Waals surface area contributed by atoms with E-state index < -0.39 is 0 Å². The van der Waals surface area contributed by atoms with Gasteiger partial charge in [0.2, 0.25) is 0 Å². The van der Waals surface area contributed by atoms with Crippen molar-refractivity contribution in [3.05, 3.63) is 65.7 Å². The van der Waals surface area contributed by atoms with Crippen molar-refractivity contribution in [1.82, 2.24) is 15.5 Å². The van der Waals surface area contributed by atoms with Crippen LogP contribution in [0, 0.1) is 0 Å². The van der Waals surface area contributed by atoms with Crippen LogP contribution in [0.25, 0.3) is 0 Å². The Morgan fingerprint density at radius 1 is 1.00 bits per heavy atom. The highest BCUT2D eigenvalue weighted by Crippen LogP contribution is 2.24. The van der Waals surface area contributed by atoms with E-state index in [1.165, 1.54) is 42.7 Å². The molecule has 1 fully saturated rings. The van der Waals surface area contributed by atoms with Crippen molar-refractivity contribution in [2.24, 2.45) is 4.99 Å². The van der Waals surface area contributed by atoms with E-state index in [-0.39, 0.29) is 0 Å². The summed E-state index contributed by atoms with van der Waals surface area (Å²) in [6, 6.07) is 19.8. The molecular formula is C23H33N5. The van der Waals surface area contributed by atoms with Gasteiger partial charge in [0.15, 0.2) is 5.96 Å². The number of nitrogens with one attached hydrogen (secondary N) is 2. The molecule has 0 spiro atoms. The first kappa shape index (κ1) is 20.2. The summed E-state index contributed by atoms with van der Waals surface area (Å²) >= 11 is 0. The number of likely N-dealkylation sites (tertiary alicyclic amines) is 1. The average Bonchev–Trinajstić information content (AvgIpc) is 3.26. The second-order valence-corrected chi connectivity index (χ2v) is 7.54. The van der Waals surface area contributed by atoms with Gasteiger partial charge in [0.25, 0.3) is 0 Å². The minimum absolute atomic E-state index is 0.377. The molecule has 0 amide bonds. The molecule has 1 aliphatic heterocycles. The van der Waals surface area contributed by atoms with Crippen LogP contribution in [-0.4, -0.2) is 51.6 Å². The molecule has 1 atom stereocenters. The van der Waals surface area contributed by atoms with Gasteiger partial charge in [-0.25, -0.2) is 0 Å². The van der Waals surface area contributed by atoms with Crippen molar-refractivity contribution in [2.45, 2.75) is 25.4 Å². The van der Waals surface area contributed by atoms with Gasteiger partial charge in [0, 0.05) is 39.9 Å². The molecule has 1 heterocycles. The summed E-state index contributed by atoms with van der Waals surface area (Å²) in [4.78, 5) is 9.10. The molecule has 1 unspecified atom stereocenters. The molecule has 0 aromatic heterocycles. The number of hydrogen-bond acceptors (Lipinski definition) is 3. The number of hydrogen-bond donors (Lipinski definition) is 2. The molecule has 0 radical (unpaired) electrons. The Hall–Kier alpha value is -2.53. The SMILES string of the molecule is CN=C(NCc1ccc(N(C)C)cc1)NCC(c1ccccc1)N1CCCC1. The zero-order valence-electron chi connectivity index (χ0n) is 17.4. The van der Waals surface area contributed by atoms with Gasteiger partial charge in [-0.05, 0) is 49.2 Å². The Morgan fingerprint density at radius 3 is 2.29 bits per heavy atom. The maximum Gasteiger partial charge on any atom is 0.191 e. The monoisotopic (exact) mass is 379 g/mol. The van der Waals surface area contributed by atoms with Crippen molar-refractivity contribution in [3.63, 3.8) is 0 Å². The van der Waals surface area contributed by atoms with Crippen LogP contribution in [0.3, 0.4) is 0 Å². The molecule has 0 aliphatic carbocycles. The molecule has 2 aromatic carbocycles. The van der Waals surface area contributed by atoms with E-state index in [1.54, 1.807) is 0 Å². The third kappa shape index (κ3) is 5.49. The Labute approximate surface area is 169 Å². The summed E-state index contributed by atoms with van der Waals surface area (Å²) in [6.07, 6.45) is 2.58. The standard InChI is InChI=1S/C23H33N5/c1-24-23(25-17-19-11-13-21(14-12-19)27(2)3)26-18-22(28-15-7-8-16-28)20-9-5-4-6-10-20/h4-6,9-14,22H,7-8,15-18H2,1-3H3,(H2,24,25,26). The molecule has 3 rings (SSSR count). The van der Waals surface area contributed by atoms with E-state index in [0.717, 1.165) is 19.0 Å². The van der Waals surface area contributed by atoms with Gasteiger partial charge >= 0.3 is 0 Å². The second-order valence-electron chi connectivity index (χ2n) is 7.54. The van der Waals surface area contributed by atoms with E-state index in [1.807, 2.05) is 7.05 Å². The van der Waals surface area contributed by atoms with Gasteiger partial charge in [-0.3, -0.25) is 9.89 Å². The van der Waals surface area contributed by atoms with E-state index >= 15 is 0 Å². The lowest BCUT2D eigenvalue weighted by Gasteiger charge is -2.29. The normalized spacial score (nSPS) is 16.0. The summed E-state index contributed by atoms with van der Waals surface area (Å²) in [7, 11) is 5.95. The van der Waals surface area contributed by atoms with Crippen LogP contribution in [0.5, 0.6) is 0 Å². The summed E-state index contributed by atoms with van der Waals surface area (Å²) in [5.74, 6) is 0.844. The van der Waals surface area contributed by atoms with Gasteiger partial charge in [0.05, 0.1) is 6.04 Å². The summed E-state index contributed by atoms with van der Waals surface area (Å²) in [5.41, 5.74) is 3.82. The molecule has 0 saturated carbocycles. The van der Waals surface area contributed by atoms with Gasteiger partial charge in [-0.2, -0.15) is 0 Å². The fraction of sp³-hybridized carbons (Fsp3) is 0.435. The molecule has 2 aromatic rings. The Morgan fingerprint density at radius 2 is 1.68 bits per heavy atom. The Bertz CT molecular complexity index is 733. The predicted octanol–water partition coefficient (Wildman–Crippen LogP) is 3.25. The minimum atomic E-state index is 0.377. The number of benzene rings is 2. The topological polar surface area (TPSA) is 42.9 Å². The molecule has 1 saturated heterocycles. The largest absolute Gasteiger partial charge is 0.378 e. The van der Waals surface area contributed by atoms with E-state index in [9.17, 15) is 0 Å². The minimum Gasteiger partial charge on any atom is -0.378 e. The third-order valence-corrected chi connectivity index (χ3v) is 5.36. The van der Waals surface area contributed by atoms with Crippen LogP contribution < -0.4 is 15.5 Å². The van der Waals surface area contributed by atoms with Crippen LogP contribution in [-0.2, 0) is 6.54 Å². The molecule has 28 heavy (non-hydrogen) atoms. The fourth-order valence-electron chi connectivity index (χ4n) is 3.70. The fourth-order valence-corrected chi connectivity index (χ4v) is 3.70. The van der Waals surface area contributed by atoms with Crippen LogP contribution in [0.1, 0.15) is 30.0 Å². The van der Waals surface area contributed by atoms with Crippen molar-refractivity contribution >= 4 is 11.6 Å². The van der Waals surface area contributed by atoms with Crippen molar-refractivity contribution in [2.75, 3.05) is 45.7 Å². The highest BCUT2D eigenvalue weighted by atomic mass is 15.2. The van der Waals surface area contributed by atoms with Crippen LogP contribution in [0.4, 0.5) is 5.69 Å². The average molecular weight is 380 g/mol. The number of rotatable bonds is 7. The molecule has 5 nitrogen and oxygen atoms in total. The Kier molecular flexibility index (Phi) is 7.31. The van der Waals surface area contributed by atoms with Gasteiger partial charge in [0.1, 0.15) is 0 Å². The van der Waals surface area contributed by atoms with Gasteiger partial charge in [-0.15, -0.1) is 0 Å². The predicted molar refractivity (Wildman–Crippen MR) is 119 cm³/mol. The molecular weight excluding hydrogens is 346 g/mol. The highest BCUT2D eigenvalue weighted by molar-refractivity contribution is 5.79. The Balaban J connectivity index is 1.57. The van der Waals surface area contributed by atoms with E-state index in [0.29, 0.717) is 6.04 Å². The molecule has 2 N–H and O–H groups in total. The first-order chi connectivity index (χ1) is 13.7. The maximum absolute atomic E-state index is 4.41. The zero-order chi connectivity index (χ0) is 19.8. The lowest BCUT2D eigenvalue weighted by Crippen LogP contribution is -2.42. The molecule has 150 valence electrons. The molecule has 5 heteroatoms. The van der Waals surface area contributed by atoms with Gasteiger partial charge < -0.3 is 15.5 Å². The van der Waals surface area contributed by atoms with E-state index in [2.05, 4.69) is 94.1 Å². The van der Waals surface area contributed by atoms with Gasteiger partial charge in [-0.1, -0.05) is 42.5 Å². The first-order valence-electron chi connectivity index (χ1n) is 10.2. The first-order valence-corrected chi connectivity index (χ1v) is 10.2. The van der Waals surface area contributed by atoms with Crippen LogP contribution in [0.2, 0.25) is 0 Å². The van der Waals surface area contributed by atoms with Crippen LogP contribution in [0.15, 0.2) is 59.6 Å². The smallest absolute Gasteiger partial charge is 0.191 e. The number of guanidine groups is 1. The van der Waals surface area contributed by atoms with Crippen molar-refractivity contribution in [3.8, 4) is 0 Å². The second kappa shape index (κ2) is 10.1. The summed E-state index contributed by atoms with van der Waals surface area (Å²) in [5, 5.41) is 6.97. The lowest BCUT2D eigenvalue weighted by molar-refractivity contribution is 0.245. The summed E-state index contributed by atoms with van der Waals surface area (Å²) in [6.45, 7) is 3.95. The lowest BCUT2D eigenvalue weighted by atomic mass is 10.1. The van der Waals surface area contributed by atoms with Crippen LogP contribution >= 0.6 is 0 Å². The maximum atomic E-state index is 4.41. The highest BCUT2D eigenvalue weighted by Gasteiger charge is 2.23. The third-order valence-electron chi connectivity index (χ3n) is 5.36. The summed E-state index contributed by atoms with van der Waals surface area (Å²) < 4.78 is 0. The van der Waals surface area contributed by atoms with Crippen molar-refractivity contribution in [1.29, 1.82) is 0 Å². The number of anilines is 1. The van der Waals surface area contributed by atoms with E-state index in [4.69, 9.17) is 0 Å². The molecule has 1 aliphatic rings. The van der Waals surface area contributed by atoms with Crippen molar-refractivity contribution < 1.29 is 0 Å². The number of nitrogens with zero attached hydrogens (tertiary/aromatic N) is 3. The molecule has 0 bridgehead atoms. The quantitative estimate of drug-likeness (QED) is 0.572. The zero-order valence-corrected chi connectivity index (χ0v) is 17.4.